The van der Waals surface area contributed by atoms with Crippen LogP contribution in [-0.2, 0) is 16.6 Å². The Morgan fingerprint density at radius 2 is 2.19 bits per heavy atom. The van der Waals surface area contributed by atoms with Gasteiger partial charge in [0, 0.05) is 38.1 Å². The van der Waals surface area contributed by atoms with Crippen LogP contribution in [0.5, 0.6) is 0 Å². The molecule has 8 heteroatoms. The highest BCUT2D eigenvalue weighted by molar-refractivity contribution is 5.94. The number of nitrogens with one attached hydrogen (secondary N) is 2. The number of aryl methyl sites for hydroxylation is 1. The Morgan fingerprint density at radius 1 is 1.38 bits per heavy atom. The van der Waals surface area contributed by atoms with E-state index in [9.17, 15) is 4.79 Å². The number of ether oxygens (including phenoxy) is 1. The van der Waals surface area contributed by atoms with Gasteiger partial charge in [-0.25, -0.2) is 0 Å². The number of hydrogen-bond donors (Lipinski definition) is 2. The Kier molecular flexibility index (Phi) is 5.85. The molecule has 0 spiro atoms. The zero-order valence-electron chi connectivity index (χ0n) is 15.1. The van der Waals surface area contributed by atoms with Crippen molar-refractivity contribution < 1.29 is 9.53 Å². The van der Waals surface area contributed by atoms with Crippen LogP contribution in [0.3, 0.4) is 0 Å². The van der Waals surface area contributed by atoms with Crippen molar-refractivity contribution in [1.82, 2.24) is 20.0 Å². The summed E-state index contributed by atoms with van der Waals surface area (Å²) in [5.74, 6) is 0.569. The lowest BCUT2D eigenvalue weighted by atomic mass is 10.1. The van der Waals surface area contributed by atoms with Crippen LogP contribution < -0.4 is 10.6 Å². The van der Waals surface area contributed by atoms with Crippen LogP contribution in [0.1, 0.15) is 11.7 Å². The maximum Gasteiger partial charge on any atom is 0.243 e. The third kappa shape index (κ3) is 4.60. The van der Waals surface area contributed by atoms with Crippen molar-refractivity contribution >= 4 is 17.6 Å². The number of anilines is 1. The number of amides is 1. The van der Waals surface area contributed by atoms with E-state index < -0.39 is 0 Å². The van der Waals surface area contributed by atoms with Crippen molar-refractivity contribution in [3.8, 4) is 0 Å². The molecule has 1 aromatic carbocycles. The van der Waals surface area contributed by atoms with Crippen molar-refractivity contribution in [1.29, 1.82) is 0 Å². The number of para-hydroxylation sites is 1. The lowest BCUT2D eigenvalue weighted by molar-refractivity contribution is -0.115. The first-order valence-corrected chi connectivity index (χ1v) is 8.56. The van der Waals surface area contributed by atoms with Gasteiger partial charge in [0.05, 0.1) is 25.9 Å². The summed E-state index contributed by atoms with van der Waals surface area (Å²) in [6.07, 6.45) is 3.71. The van der Waals surface area contributed by atoms with E-state index >= 15 is 0 Å². The molecule has 1 aliphatic rings. The van der Waals surface area contributed by atoms with Crippen molar-refractivity contribution in [3.05, 3.63) is 48.3 Å². The fraction of sp³-hybridized carbons (Fsp3) is 0.389. The maximum atomic E-state index is 12.1. The summed E-state index contributed by atoms with van der Waals surface area (Å²) in [4.78, 5) is 18.5. The highest BCUT2D eigenvalue weighted by Gasteiger charge is 2.25. The van der Waals surface area contributed by atoms with Crippen molar-refractivity contribution in [3.63, 3.8) is 0 Å². The summed E-state index contributed by atoms with van der Waals surface area (Å²) in [6.45, 7) is 2.12. The Morgan fingerprint density at radius 3 is 2.88 bits per heavy atom. The van der Waals surface area contributed by atoms with Gasteiger partial charge in [0.15, 0.2) is 5.96 Å². The molecular weight excluding hydrogens is 332 g/mol. The third-order valence-electron chi connectivity index (χ3n) is 4.14. The van der Waals surface area contributed by atoms with E-state index in [-0.39, 0.29) is 18.6 Å². The van der Waals surface area contributed by atoms with E-state index in [1.54, 1.807) is 11.7 Å². The molecule has 2 heterocycles. The first-order chi connectivity index (χ1) is 12.7. The quantitative estimate of drug-likeness (QED) is 0.631. The van der Waals surface area contributed by atoms with E-state index in [0.29, 0.717) is 19.1 Å². The Labute approximate surface area is 152 Å². The summed E-state index contributed by atoms with van der Waals surface area (Å²) in [6, 6.07) is 9.38. The zero-order valence-corrected chi connectivity index (χ0v) is 15.1. The van der Waals surface area contributed by atoms with Gasteiger partial charge in [0.1, 0.15) is 6.10 Å². The lowest BCUT2D eigenvalue weighted by Gasteiger charge is -2.34. The smallest absolute Gasteiger partial charge is 0.243 e. The number of carbonyl (C=O) groups is 1. The second kappa shape index (κ2) is 8.48. The van der Waals surface area contributed by atoms with E-state index in [1.165, 1.54) is 0 Å². The molecule has 0 bridgehead atoms. The number of carbonyl (C=O) groups excluding carboxylic acids is 1. The molecule has 1 aromatic heterocycles. The highest BCUT2D eigenvalue weighted by atomic mass is 16.5. The second-order valence-corrected chi connectivity index (χ2v) is 6.07. The van der Waals surface area contributed by atoms with Crippen molar-refractivity contribution in [2.24, 2.45) is 12.0 Å². The van der Waals surface area contributed by atoms with Gasteiger partial charge in [0.25, 0.3) is 0 Å². The van der Waals surface area contributed by atoms with E-state index in [0.717, 1.165) is 17.8 Å². The summed E-state index contributed by atoms with van der Waals surface area (Å²) < 4.78 is 7.61. The molecule has 8 nitrogen and oxygen atoms in total. The summed E-state index contributed by atoms with van der Waals surface area (Å²) >= 11 is 0. The molecule has 1 amide bonds. The first-order valence-electron chi connectivity index (χ1n) is 8.56. The Balaban J connectivity index is 1.54. The molecule has 1 atom stereocenters. The van der Waals surface area contributed by atoms with Crippen LogP contribution in [0.4, 0.5) is 5.69 Å². The molecule has 2 N–H and O–H groups in total. The van der Waals surface area contributed by atoms with Crippen LogP contribution in [0.15, 0.2) is 47.7 Å². The van der Waals surface area contributed by atoms with Crippen molar-refractivity contribution in [2.45, 2.75) is 6.10 Å². The Hall–Kier alpha value is -2.87. The predicted molar refractivity (Wildman–Crippen MR) is 99.9 cm³/mol. The fourth-order valence-electron chi connectivity index (χ4n) is 2.87. The molecule has 3 rings (SSSR count). The minimum absolute atomic E-state index is 0.0610. The topological polar surface area (TPSA) is 83.8 Å². The van der Waals surface area contributed by atoms with Gasteiger partial charge in [-0.2, -0.15) is 5.10 Å². The van der Waals surface area contributed by atoms with Gasteiger partial charge < -0.3 is 20.3 Å². The van der Waals surface area contributed by atoms with Crippen LogP contribution >= 0.6 is 0 Å². The number of aromatic nitrogens is 2. The number of benzene rings is 1. The first kappa shape index (κ1) is 17.9. The largest absolute Gasteiger partial charge is 0.370 e. The van der Waals surface area contributed by atoms with Gasteiger partial charge in [-0.15, -0.1) is 0 Å². The molecule has 0 radical (unpaired) electrons. The SMILES string of the molecule is CN=C(NCC(=O)Nc1ccccc1)N1CCOC(c2cnn(C)c2)C1. The summed E-state index contributed by atoms with van der Waals surface area (Å²) in [7, 11) is 3.60. The second-order valence-electron chi connectivity index (χ2n) is 6.07. The average Bonchev–Trinajstić information content (AvgIpc) is 3.10. The van der Waals surface area contributed by atoms with E-state index in [4.69, 9.17) is 4.74 Å². The predicted octanol–water partition coefficient (Wildman–Crippen LogP) is 1.01. The lowest BCUT2D eigenvalue weighted by Crippen LogP contribution is -2.49. The fourth-order valence-corrected chi connectivity index (χ4v) is 2.87. The molecule has 0 saturated carbocycles. The van der Waals surface area contributed by atoms with E-state index in [2.05, 4.69) is 25.6 Å². The van der Waals surface area contributed by atoms with Crippen LogP contribution in [0.25, 0.3) is 0 Å². The molecular formula is C18H24N6O2. The van der Waals surface area contributed by atoms with Crippen molar-refractivity contribution in [2.75, 3.05) is 38.6 Å². The minimum atomic E-state index is -0.116. The normalized spacial score (nSPS) is 17.8. The van der Waals surface area contributed by atoms with Gasteiger partial charge in [-0.05, 0) is 12.1 Å². The molecule has 138 valence electrons. The monoisotopic (exact) mass is 356 g/mol. The molecule has 1 fully saturated rings. The number of nitrogens with zero attached hydrogens (tertiary/aromatic N) is 4. The minimum Gasteiger partial charge on any atom is -0.370 e. The number of hydrogen-bond acceptors (Lipinski definition) is 4. The van der Waals surface area contributed by atoms with E-state index in [1.807, 2.05) is 49.8 Å². The molecule has 1 aliphatic heterocycles. The summed E-state index contributed by atoms with van der Waals surface area (Å²) in [5.41, 5.74) is 1.81. The molecule has 2 aromatic rings. The van der Waals surface area contributed by atoms with Crippen LogP contribution in [-0.4, -0.2) is 59.8 Å². The average molecular weight is 356 g/mol. The number of aliphatic imine (C=N–C) groups is 1. The zero-order chi connectivity index (χ0) is 18.4. The summed E-state index contributed by atoms with van der Waals surface area (Å²) in [5, 5.41) is 10.2. The third-order valence-corrected chi connectivity index (χ3v) is 4.14. The Bertz CT molecular complexity index is 758. The van der Waals surface area contributed by atoms with Gasteiger partial charge in [-0.3, -0.25) is 14.5 Å². The number of morpholine rings is 1. The molecule has 1 saturated heterocycles. The van der Waals surface area contributed by atoms with Gasteiger partial charge in [0.2, 0.25) is 5.91 Å². The molecule has 26 heavy (non-hydrogen) atoms. The number of rotatable bonds is 4. The van der Waals surface area contributed by atoms with Gasteiger partial charge in [-0.1, -0.05) is 18.2 Å². The standard InChI is InChI=1S/C18H24N6O2/c1-19-18(20-11-17(25)22-15-6-4-3-5-7-15)24-8-9-26-16(13-24)14-10-21-23(2)12-14/h3-7,10,12,16H,8-9,11,13H2,1-2H3,(H,19,20)(H,22,25). The molecule has 0 aliphatic carbocycles. The van der Waals surface area contributed by atoms with Crippen LogP contribution in [0.2, 0.25) is 0 Å². The number of guanidine groups is 1. The highest BCUT2D eigenvalue weighted by Crippen LogP contribution is 2.21. The maximum absolute atomic E-state index is 12.1. The van der Waals surface area contributed by atoms with Gasteiger partial charge >= 0.3 is 0 Å². The van der Waals surface area contributed by atoms with Crippen LogP contribution in [0, 0.1) is 0 Å². The molecule has 1 unspecified atom stereocenters.